The predicted octanol–water partition coefficient (Wildman–Crippen LogP) is 2.09. The van der Waals surface area contributed by atoms with Crippen molar-refractivity contribution in [1.29, 1.82) is 0 Å². The lowest BCUT2D eigenvalue weighted by Crippen LogP contribution is -2.42. The summed E-state index contributed by atoms with van der Waals surface area (Å²) in [4.78, 5) is 11.6. The Morgan fingerprint density at radius 1 is 1.29 bits per heavy atom. The average molecular weight is 201 g/mol. The molecule has 0 unspecified atom stereocenters. The zero-order valence-electron chi connectivity index (χ0n) is 9.96. The minimum Gasteiger partial charge on any atom is -0.459 e. The maximum atomic E-state index is 11.6. The van der Waals surface area contributed by atoms with Crippen LogP contribution in [0.4, 0.5) is 0 Å². The van der Waals surface area contributed by atoms with Gasteiger partial charge in [-0.3, -0.25) is 4.79 Å². The third kappa shape index (κ3) is 4.61. The molecular formula is C11H23NO2. The van der Waals surface area contributed by atoms with Gasteiger partial charge in [0.25, 0.3) is 0 Å². The van der Waals surface area contributed by atoms with E-state index < -0.39 is 11.6 Å². The van der Waals surface area contributed by atoms with Gasteiger partial charge in [-0.15, -0.1) is 0 Å². The van der Waals surface area contributed by atoms with Gasteiger partial charge in [0.15, 0.2) is 0 Å². The summed E-state index contributed by atoms with van der Waals surface area (Å²) in [6, 6.07) is -0.482. The highest BCUT2D eigenvalue weighted by Crippen LogP contribution is 2.15. The quantitative estimate of drug-likeness (QED) is 0.709. The zero-order valence-corrected chi connectivity index (χ0v) is 9.96. The number of hydrogen-bond acceptors (Lipinski definition) is 3. The average Bonchev–Trinajstić information content (AvgIpc) is 2.03. The molecule has 0 saturated carbocycles. The fraction of sp³-hybridized carbons (Fsp3) is 0.909. The summed E-state index contributed by atoms with van der Waals surface area (Å²) >= 11 is 0. The number of nitrogens with two attached hydrogens (primary N) is 1. The lowest BCUT2D eigenvalue weighted by atomic mass is 9.95. The van der Waals surface area contributed by atoms with Crippen molar-refractivity contribution < 1.29 is 9.53 Å². The van der Waals surface area contributed by atoms with E-state index in [0.717, 1.165) is 12.8 Å². The summed E-state index contributed by atoms with van der Waals surface area (Å²) in [7, 11) is 0. The van der Waals surface area contributed by atoms with Crippen LogP contribution in [-0.4, -0.2) is 17.6 Å². The van der Waals surface area contributed by atoms with E-state index in [9.17, 15) is 4.79 Å². The summed E-state index contributed by atoms with van der Waals surface area (Å²) in [6.45, 7) is 9.64. The lowest BCUT2D eigenvalue weighted by Gasteiger charge is -2.25. The van der Waals surface area contributed by atoms with Gasteiger partial charge in [0.1, 0.15) is 11.6 Å². The van der Waals surface area contributed by atoms with Crippen molar-refractivity contribution in [2.45, 2.75) is 59.1 Å². The van der Waals surface area contributed by atoms with E-state index in [0.29, 0.717) is 0 Å². The largest absolute Gasteiger partial charge is 0.459 e. The summed E-state index contributed by atoms with van der Waals surface area (Å²) in [6.07, 6.45) is 1.83. The minimum atomic E-state index is -0.482. The Bertz CT molecular complexity index is 180. The number of ether oxygens (including phenoxy) is 1. The normalized spacial score (nSPS) is 14.2. The van der Waals surface area contributed by atoms with Crippen LogP contribution < -0.4 is 5.73 Å². The molecule has 14 heavy (non-hydrogen) atoms. The maximum absolute atomic E-state index is 11.6. The molecule has 0 aromatic rings. The Kier molecular flexibility index (Phi) is 5.13. The molecule has 0 aromatic carbocycles. The predicted molar refractivity (Wildman–Crippen MR) is 57.9 cm³/mol. The first-order chi connectivity index (χ1) is 6.31. The highest BCUT2D eigenvalue weighted by atomic mass is 16.6. The van der Waals surface area contributed by atoms with Crippen LogP contribution in [0.15, 0.2) is 0 Å². The van der Waals surface area contributed by atoms with Crippen molar-refractivity contribution in [3.63, 3.8) is 0 Å². The fourth-order valence-electron chi connectivity index (χ4n) is 1.36. The SMILES string of the molecule is CCC(CC)[C@H](N)C(=O)OC(C)(C)C. The Hall–Kier alpha value is -0.570. The molecule has 0 heterocycles. The standard InChI is InChI=1S/C11H23NO2/c1-6-8(7-2)9(12)10(13)14-11(3,4)5/h8-9H,6-7,12H2,1-5H3/t9-/m0/s1. The molecule has 0 radical (unpaired) electrons. The first-order valence-corrected chi connectivity index (χ1v) is 5.30. The monoisotopic (exact) mass is 201 g/mol. The summed E-state index contributed by atoms with van der Waals surface area (Å²) in [5.74, 6) is -0.0592. The lowest BCUT2D eigenvalue weighted by molar-refractivity contribution is -0.158. The highest BCUT2D eigenvalue weighted by molar-refractivity contribution is 5.76. The topological polar surface area (TPSA) is 52.3 Å². The van der Waals surface area contributed by atoms with Crippen molar-refractivity contribution in [2.75, 3.05) is 0 Å². The first-order valence-electron chi connectivity index (χ1n) is 5.30. The molecule has 1 atom stereocenters. The second-order valence-corrected chi connectivity index (χ2v) is 4.64. The van der Waals surface area contributed by atoms with Gasteiger partial charge in [-0.1, -0.05) is 26.7 Å². The molecule has 0 aliphatic rings. The van der Waals surface area contributed by atoms with Crippen LogP contribution in [0, 0.1) is 5.92 Å². The van der Waals surface area contributed by atoms with Crippen molar-refractivity contribution in [2.24, 2.45) is 11.7 Å². The second kappa shape index (κ2) is 5.35. The molecule has 0 rings (SSSR count). The Labute approximate surface area is 87.0 Å². The van der Waals surface area contributed by atoms with Gasteiger partial charge in [0.2, 0.25) is 0 Å². The molecule has 0 saturated heterocycles. The van der Waals surface area contributed by atoms with Gasteiger partial charge in [-0.05, 0) is 26.7 Å². The van der Waals surface area contributed by atoms with Gasteiger partial charge in [0.05, 0.1) is 0 Å². The zero-order chi connectivity index (χ0) is 11.4. The van der Waals surface area contributed by atoms with Crippen LogP contribution in [0.5, 0.6) is 0 Å². The molecule has 0 fully saturated rings. The van der Waals surface area contributed by atoms with Crippen LogP contribution in [0.25, 0.3) is 0 Å². The molecule has 84 valence electrons. The third-order valence-electron chi connectivity index (χ3n) is 2.24. The van der Waals surface area contributed by atoms with Gasteiger partial charge in [-0.2, -0.15) is 0 Å². The van der Waals surface area contributed by atoms with Crippen molar-refractivity contribution in [3.05, 3.63) is 0 Å². The van der Waals surface area contributed by atoms with E-state index in [1.54, 1.807) is 0 Å². The molecule has 3 nitrogen and oxygen atoms in total. The van der Waals surface area contributed by atoms with Crippen LogP contribution in [0.3, 0.4) is 0 Å². The van der Waals surface area contributed by atoms with Gasteiger partial charge in [-0.25, -0.2) is 0 Å². The molecule has 0 bridgehead atoms. The molecule has 0 amide bonds. The first kappa shape index (κ1) is 13.4. The van der Waals surface area contributed by atoms with Gasteiger partial charge < -0.3 is 10.5 Å². The Morgan fingerprint density at radius 2 is 1.71 bits per heavy atom. The summed E-state index contributed by atoms with van der Waals surface area (Å²) < 4.78 is 5.22. The Balaban J connectivity index is 4.24. The number of esters is 1. The smallest absolute Gasteiger partial charge is 0.323 e. The van der Waals surface area contributed by atoms with E-state index in [-0.39, 0.29) is 11.9 Å². The molecular weight excluding hydrogens is 178 g/mol. The summed E-state index contributed by atoms with van der Waals surface area (Å²) in [5.41, 5.74) is 5.37. The maximum Gasteiger partial charge on any atom is 0.323 e. The molecule has 3 heteroatoms. The van der Waals surface area contributed by atoms with Crippen LogP contribution in [0.2, 0.25) is 0 Å². The van der Waals surface area contributed by atoms with E-state index in [1.165, 1.54) is 0 Å². The van der Waals surface area contributed by atoms with E-state index in [1.807, 2.05) is 34.6 Å². The van der Waals surface area contributed by atoms with E-state index >= 15 is 0 Å². The number of carbonyl (C=O) groups excluding carboxylic acids is 1. The number of hydrogen-bond donors (Lipinski definition) is 1. The fourth-order valence-corrected chi connectivity index (χ4v) is 1.36. The molecule has 2 N–H and O–H groups in total. The number of rotatable bonds is 4. The second-order valence-electron chi connectivity index (χ2n) is 4.64. The molecule has 0 aliphatic carbocycles. The third-order valence-corrected chi connectivity index (χ3v) is 2.24. The number of carbonyl (C=O) groups is 1. The van der Waals surface area contributed by atoms with Crippen LogP contribution in [-0.2, 0) is 9.53 Å². The van der Waals surface area contributed by atoms with Crippen LogP contribution in [0.1, 0.15) is 47.5 Å². The summed E-state index contributed by atoms with van der Waals surface area (Å²) in [5, 5.41) is 0. The van der Waals surface area contributed by atoms with Crippen LogP contribution >= 0.6 is 0 Å². The van der Waals surface area contributed by atoms with Gasteiger partial charge in [0, 0.05) is 0 Å². The van der Waals surface area contributed by atoms with E-state index in [2.05, 4.69) is 0 Å². The van der Waals surface area contributed by atoms with Crippen molar-refractivity contribution in [1.82, 2.24) is 0 Å². The molecule has 0 spiro atoms. The van der Waals surface area contributed by atoms with Gasteiger partial charge >= 0.3 is 5.97 Å². The minimum absolute atomic E-state index is 0.227. The van der Waals surface area contributed by atoms with Crippen molar-refractivity contribution in [3.8, 4) is 0 Å². The molecule has 0 aliphatic heterocycles. The molecule has 0 aromatic heterocycles. The van der Waals surface area contributed by atoms with Crippen molar-refractivity contribution >= 4 is 5.97 Å². The highest BCUT2D eigenvalue weighted by Gasteiger charge is 2.26. The van der Waals surface area contributed by atoms with E-state index in [4.69, 9.17) is 10.5 Å². The Morgan fingerprint density at radius 3 is 2.00 bits per heavy atom.